The number of carbonyl (C=O) groups excluding carboxylic acids is 2. The normalized spacial score (nSPS) is 13.7. The highest BCUT2D eigenvalue weighted by molar-refractivity contribution is 5.96. The van der Waals surface area contributed by atoms with Gasteiger partial charge >= 0.3 is 0 Å². The second-order valence-corrected chi connectivity index (χ2v) is 10.1. The molecule has 1 fully saturated rings. The van der Waals surface area contributed by atoms with E-state index in [2.05, 4.69) is 15.1 Å². The van der Waals surface area contributed by atoms with E-state index in [1.165, 1.54) is 17.0 Å². The molecule has 0 spiro atoms. The van der Waals surface area contributed by atoms with Crippen LogP contribution in [0.25, 0.3) is 11.3 Å². The summed E-state index contributed by atoms with van der Waals surface area (Å²) in [5.74, 6) is 0.911. The second kappa shape index (κ2) is 13.2. The number of halogens is 1. The largest absolute Gasteiger partial charge is 0.493 e. The molecule has 0 unspecified atom stereocenters. The summed E-state index contributed by atoms with van der Waals surface area (Å²) in [6.45, 7) is 6.56. The number of nitrogens with zero attached hydrogens (tertiary/aromatic N) is 5. The van der Waals surface area contributed by atoms with Crippen molar-refractivity contribution in [3.63, 3.8) is 0 Å². The number of benzene rings is 2. The highest BCUT2D eigenvalue weighted by atomic mass is 19.1. The molecule has 9 nitrogen and oxygen atoms in total. The van der Waals surface area contributed by atoms with Crippen LogP contribution in [0.15, 0.2) is 54.6 Å². The molecule has 0 bridgehead atoms. The first-order chi connectivity index (χ1) is 19.3. The Morgan fingerprint density at radius 3 is 2.40 bits per heavy atom. The molecule has 2 heterocycles. The minimum atomic E-state index is -0.586. The van der Waals surface area contributed by atoms with Gasteiger partial charge < -0.3 is 24.2 Å². The van der Waals surface area contributed by atoms with Crippen molar-refractivity contribution in [1.82, 2.24) is 20.0 Å². The Kier molecular flexibility index (Phi) is 9.52. The third-order valence-corrected chi connectivity index (χ3v) is 6.81. The number of amides is 2. The molecule has 3 aromatic rings. The molecule has 0 aliphatic carbocycles. The predicted octanol–water partition coefficient (Wildman–Crippen LogP) is 4.14. The number of methoxy groups -OCH3 is 2. The van der Waals surface area contributed by atoms with Gasteiger partial charge in [-0.3, -0.25) is 9.59 Å². The summed E-state index contributed by atoms with van der Waals surface area (Å²) in [5.41, 5.74) is 1.55. The Morgan fingerprint density at radius 1 is 0.950 bits per heavy atom. The van der Waals surface area contributed by atoms with Crippen molar-refractivity contribution in [2.24, 2.45) is 5.92 Å². The Morgan fingerprint density at radius 2 is 1.73 bits per heavy atom. The zero-order valence-corrected chi connectivity index (χ0v) is 23.5. The lowest BCUT2D eigenvalue weighted by Crippen LogP contribution is -2.45. The average Bonchev–Trinajstić information content (AvgIpc) is 3.23. The Balaban J connectivity index is 1.40. The first-order valence-electron chi connectivity index (χ1n) is 13.4. The average molecular weight is 550 g/mol. The van der Waals surface area contributed by atoms with Crippen LogP contribution in [0.2, 0.25) is 0 Å². The Hall–Kier alpha value is -4.21. The fraction of sp³-hybridized carbons (Fsp3) is 0.400. The lowest BCUT2D eigenvalue weighted by Gasteiger charge is -2.28. The van der Waals surface area contributed by atoms with E-state index < -0.39 is 11.7 Å². The molecule has 212 valence electrons. The molecule has 1 aliphatic rings. The summed E-state index contributed by atoms with van der Waals surface area (Å²) >= 11 is 0. The molecule has 4 rings (SSSR count). The maximum atomic E-state index is 14.3. The van der Waals surface area contributed by atoms with Crippen molar-refractivity contribution in [3.05, 3.63) is 66.0 Å². The van der Waals surface area contributed by atoms with Crippen LogP contribution < -0.4 is 14.4 Å². The molecule has 10 heteroatoms. The van der Waals surface area contributed by atoms with Gasteiger partial charge in [-0.05, 0) is 54.8 Å². The van der Waals surface area contributed by atoms with Crippen LogP contribution in [0, 0.1) is 11.7 Å². The van der Waals surface area contributed by atoms with Crippen LogP contribution in [-0.4, -0.2) is 85.3 Å². The van der Waals surface area contributed by atoms with E-state index in [-0.39, 0.29) is 23.9 Å². The quantitative estimate of drug-likeness (QED) is 0.397. The molecule has 1 saturated heterocycles. The van der Waals surface area contributed by atoms with E-state index in [4.69, 9.17) is 9.47 Å². The summed E-state index contributed by atoms with van der Waals surface area (Å²) in [7, 11) is 3.18. The van der Waals surface area contributed by atoms with E-state index in [1.807, 2.05) is 44.2 Å². The first-order valence-corrected chi connectivity index (χ1v) is 13.4. The lowest BCUT2D eigenvalue weighted by atomic mass is 10.1. The maximum Gasteiger partial charge on any atom is 0.257 e. The van der Waals surface area contributed by atoms with Crippen molar-refractivity contribution in [2.45, 2.75) is 20.3 Å². The topological polar surface area (TPSA) is 88.1 Å². The van der Waals surface area contributed by atoms with Crippen molar-refractivity contribution >= 4 is 17.6 Å². The molecular weight excluding hydrogens is 513 g/mol. The smallest absolute Gasteiger partial charge is 0.257 e. The highest BCUT2D eigenvalue weighted by Crippen LogP contribution is 2.31. The molecule has 1 aliphatic heterocycles. The second-order valence-electron chi connectivity index (χ2n) is 10.1. The summed E-state index contributed by atoms with van der Waals surface area (Å²) in [6.07, 6.45) is 0.746. The van der Waals surface area contributed by atoms with Gasteiger partial charge in [-0.25, -0.2) is 4.39 Å². The van der Waals surface area contributed by atoms with Crippen LogP contribution in [0.1, 0.15) is 30.6 Å². The third kappa shape index (κ3) is 6.86. The van der Waals surface area contributed by atoms with Gasteiger partial charge in [0.05, 0.1) is 25.5 Å². The predicted molar refractivity (Wildman–Crippen MR) is 151 cm³/mol. The molecule has 0 atom stereocenters. The third-order valence-electron chi connectivity index (χ3n) is 6.81. The van der Waals surface area contributed by atoms with Crippen LogP contribution in [0.4, 0.5) is 10.2 Å². The number of rotatable bonds is 9. The number of hydrogen-bond donors (Lipinski definition) is 0. The first kappa shape index (κ1) is 28.8. The zero-order valence-electron chi connectivity index (χ0n) is 23.5. The fourth-order valence-corrected chi connectivity index (χ4v) is 4.77. The summed E-state index contributed by atoms with van der Waals surface area (Å²) < 4.78 is 25.0. The number of aromatic nitrogens is 2. The van der Waals surface area contributed by atoms with Crippen molar-refractivity contribution in [1.29, 1.82) is 0 Å². The van der Waals surface area contributed by atoms with E-state index in [9.17, 15) is 14.0 Å². The highest BCUT2D eigenvalue weighted by Gasteiger charge is 2.26. The van der Waals surface area contributed by atoms with Gasteiger partial charge in [-0.2, -0.15) is 0 Å². The molecule has 0 N–H and O–H groups in total. The molecule has 2 amide bonds. The minimum absolute atomic E-state index is 0.0203. The van der Waals surface area contributed by atoms with Crippen molar-refractivity contribution in [3.8, 4) is 22.8 Å². The number of ether oxygens (including phenoxy) is 2. The standard InChI is InChI=1S/C30H36FN5O4/c1-21(2)19-36(30(38)23-8-5-6-9-24(23)31)20-29(37)35-15-7-14-34(16-17-35)28-13-11-25(32-33-28)22-10-12-26(39-3)27(18-22)40-4/h5-6,8-13,18,21H,7,14-17,19-20H2,1-4H3. The number of hydrogen-bond acceptors (Lipinski definition) is 7. The van der Waals surface area contributed by atoms with Gasteiger partial charge in [0.25, 0.3) is 5.91 Å². The van der Waals surface area contributed by atoms with Gasteiger partial charge in [0.15, 0.2) is 17.3 Å². The lowest BCUT2D eigenvalue weighted by molar-refractivity contribution is -0.131. The van der Waals surface area contributed by atoms with Crippen LogP contribution in [0.5, 0.6) is 11.5 Å². The molecule has 2 aromatic carbocycles. The van der Waals surface area contributed by atoms with E-state index >= 15 is 0 Å². The number of anilines is 1. The maximum absolute atomic E-state index is 14.3. The SMILES string of the molecule is COc1ccc(-c2ccc(N3CCCN(C(=O)CN(CC(C)C)C(=O)c4ccccc4F)CC3)nn2)cc1OC. The van der Waals surface area contributed by atoms with Crippen molar-refractivity contribution in [2.75, 3.05) is 58.4 Å². The van der Waals surface area contributed by atoms with Crippen LogP contribution in [0.3, 0.4) is 0 Å². The molecular formula is C30H36FN5O4. The fourth-order valence-electron chi connectivity index (χ4n) is 4.77. The summed E-state index contributed by atoms with van der Waals surface area (Å²) in [4.78, 5) is 31.7. The van der Waals surface area contributed by atoms with Gasteiger partial charge in [0.1, 0.15) is 12.4 Å². The molecule has 40 heavy (non-hydrogen) atoms. The summed E-state index contributed by atoms with van der Waals surface area (Å²) in [6, 6.07) is 15.3. The van der Waals surface area contributed by atoms with Gasteiger partial charge in [0, 0.05) is 38.3 Å². The summed E-state index contributed by atoms with van der Waals surface area (Å²) in [5, 5.41) is 8.87. The van der Waals surface area contributed by atoms with Crippen molar-refractivity contribution < 1.29 is 23.5 Å². The van der Waals surface area contributed by atoms with Crippen LogP contribution in [-0.2, 0) is 4.79 Å². The molecule has 0 radical (unpaired) electrons. The van der Waals surface area contributed by atoms with E-state index in [0.29, 0.717) is 43.4 Å². The zero-order chi connectivity index (χ0) is 28.6. The van der Waals surface area contributed by atoms with Gasteiger partial charge in [0.2, 0.25) is 5.91 Å². The minimum Gasteiger partial charge on any atom is -0.493 e. The van der Waals surface area contributed by atoms with E-state index in [0.717, 1.165) is 24.3 Å². The number of carbonyl (C=O) groups is 2. The Bertz CT molecular complexity index is 1320. The monoisotopic (exact) mass is 549 g/mol. The van der Waals surface area contributed by atoms with E-state index in [1.54, 1.807) is 31.3 Å². The molecule has 1 aromatic heterocycles. The Labute approximate surface area is 234 Å². The van der Waals surface area contributed by atoms with Gasteiger partial charge in [-0.1, -0.05) is 26.0 Å². The van der Waals surface area contributed by atoms with Gasteiger partial charge in [-0.15, -0.1) is 10.2 Å². The molecule has 0 saturated carbocycles. The van der Waals surface area contributed by atoms with Crippen LogP contribution >= 0.6 is 0 Å².